The standard InChI is InChI=1S/C20H17BrN2O4/c21-12-5-6-17-15(11-12)16(8-10-27-17)22-18(24)7-9-23-19(25)13-3-1-2-4-14(13)20(23)26/h1-6,11,16H,7-10H2,(H,22,24). The second-order valence-corrected chi connectivity index (χ2v) is 7.41. The molecule has 1 unspecified atom stereocenters. The van der Waals surface area contributed by atoms with E-state index in [-0.39, 0.29) is 36.7 Å². The third-order valence-electron chi connectivity index (χ3n) is 4.79. The lowest BCUT2D eigenvalue weighted by Crippen LogP contribution is -2.37. The highest BCUT2D eigenvalue weighted by molar-refractivity contribution is 9.10. The van der Waals surface area contributed by atoms with Crippen molar-refractivity contribution in [3.05, 3.63) is 63.6 Å². The molecule has 0 aliphatic carbocycles. The summed E-state index contributed by atoms with van der Waals surface area (Å²) >= 11 is 3.44. The molecule has 1 N–H and O–H groups in total. The molecule has 0 saturated heterocycles. The van der Waals surface area contributed by atoms with E-state index in [0.717, 1.165) is 20.7 Å². The van der Waals surface area contributed by atoms with Crippen LogP contribution in [0.4, 0.5) is 0 Å². The van der Waals surface area contributed by atoms with Gasteiger partial charge in [-0.2, -0.15) is 0 Å². The number of imide groups is 1. The van der Waals surface area contributed by atoms with Crippen molar-refractivity contribution in [1.29, 1.82) is 0 Å². The van der Waals surface area contributed by atoms with Crippen LogP contribution in [0.25, 0.3) is 0 Å². The smallest absolute Gasteiger partial charge is 0.261 e. The zero-order valence-corrected chi connectivity index (χ0v) is 16.0. The maximum Gasteiger partial charge on any atom is 0.261 e. The van der Waals surface area contributed by atoms with Gasteiger partial charge in [0.05, 0.1) is 23.8 Å². The topological polar surface area (TPSA) is 75.7 Å². The molecule has 2 aromatic rings. The van der Waals surface area contributed by atoms with E-state index in [1.54, 1.807) is 24.3 Å². The summed E-state index contributed by atoms with van der Waals surface area (Å²) in [5.41, 5.74) is 1.71. The van der Waals surface area contributed by atoms with E-state index in [4.69, 9.17) is 4.74 Å². The number of carbonyl (C=O) groups excluding carboxylic acids is 3. The number of halogens is 1. The van der Waals surface area contributed by atoms with Crippen LogP contribution in [0.3, 0.4) is 0 Å². The number of fused-ring (bicyclic) bond motifs is 2. The second kappa shape index (κ2) is 7.15. The minimum atomic E-state index is -0.344. The van der Waals surface area contributed by atoms with Crippen molar-refractivity contribution in [2.75, 3.05) is 13.2 Å². The summed E-state index contributed by atoms with van der Waals surface area (Å²) in [6.07, 6.45) is 0.731. The predicted octanol–water partition coefficient (Wildman–Crippen LogP) is 3.08. The molecule has 2 heterocycles. The van der Waals surface area contributed by atoms with Crippen molar-refractivity contribution in [2.45, 2.75) is 18.9 Å². The van der Waals surface area contributed by atoms with Crippen LogP contribution in [-0.2, 0) is 4.79 Å². The lowest BCUT2D eigenvalue weighted by molar-refractivity contribution is -0.122. The molecule has 2 aliphatic rings. The van der Waals surface area contributed by atoms with Gasteiger partial charge in [-0.05, 0) is 30.3 Å². The molecule has 138 valence electrons. The summed E-state index contributed by atoms with van der Waals surface area (Å²) in [5.74, 6) is -0.132. The Morgan fingerprint density at radius 3 is 2.56 bits per heavy atom. The molecule has 2 aromatic carbocycles. The lowest BCUT2D eigenvalue weighted by atomic mass is 10.0. The molecular formula is C20H17BrN2O4. The Bertz CT molecular complexity index is 908. The molecule has 3 amide bonds. The van der Waals surface area contributed by atoms with Crippen molar-refractivity contribution in [3.63, 3.8) is 0 Å². The third kappa shape index (κ3) is 3.35. The van der Waals surface area contributed by atoms with Crippen LogP contribution < -0.4 is 10.1 Å². The fraction of sp³-hybridized carbons (Fsp3) is 0.250. The molecule has 0 aromatic heterocycles. The van der Waals surface area contributed by atoms with E-state index in [1.807, 2.05) is 18.2 Å². The molecule has 1 atom stereocenters. The van der Waals surface area contributed by atoms with E-state index >= 15 is 0 Å². The molecule has 4 rings (SSSR count). The van der Waals surface area contributed by atoms with Crippen LogP contribution in [0.5, 0.6) is 5.75 Å². The SMILES string of the molecule is O=C(CCN1C(=O)c2ccccc2C1=O)NC1CCOc2ccc(Br)cc21. The average molecular weight is 429 g/mol. The Kier molecular flexibility index (Phi) is 4.70. The van der Waals surface area contributed by atoms with Gasteiger partial charge in [-0.3, -0.25) is 19.3 Å². The third-order valence-corrected chi connectivity index (χ3v) is 5.28. The van der Waals surface area contributed by atoms with Crippen LogP contribution in [0.2, 0.25) is 0 Å². The summed E-state index contributed by atoms with van der Waals surface area (Å²) in [6.45, 7) is 0.588. The van der Waals surface area contributed by atoms with E-state index in [2.05, 4.69) is 21.2 Å². The van der Waals surface area contributed by atoms with Crippen LogP contribution in [0, 0.1) is 0 Å². The summed E-state index contributed by atoms with van der Waals surface area (Å²) < 4.78 is 6.54. The summed E-state index contributed by atoms with van der Waals surface area (Å²) in [7, 11) is 0. The molecular weight excluding hydrogens is 412 g/mol. The molecule has 2 aliphatic heterocycles. The lowest BCUT2D eigenvalue weighted by Gasteiger charge is -2.27. The van der Waals surface area contributed by atoms with Gasteiger partial charge in [-0.25, -0.2) is 0 Å². The van der Waals surface area contributed by atoms with Crippen molar-refractivity contribution in [2.24, 2.45) is 0 Å². The maximum absolute atomic E-state index is 12.4. The molecule has 7 heteroatoms. The first-order valence-corrected chi connectivity index (χ1v) is 9.51. The normalized spacial score (nSPS) is 18.0. The monoisotopic (exact) mass is 428 g/mol. The molecule has 6 nitrogen and oxygen atoms in total. The number of nitrogens with zero attached hydrogens (tertiary/aromatic N) is 1. The van der Waals surface area contributed by atoms with Crippen molar-refractivity contribution in [1.82, 2.24) is 10.2 Å². The zero-order valence-electron chi connectivity index (χ0n) is 14.4. The predicted molar refractivity (Wildman–Crippen MR) is 102 cm³/mol. The van der Waals surface area contributed by atoms with Crippen LogP contribution in [0.15, 0.2) is 46.9 Å². The molecule has 0 fully saturated rings. The van der Waals surface area contributed by atoms with Gasteiger partial charge in [0, 0.05) is 29.4 Å². The maximum atomic E-state index is 12.4. The Hall–Kier alpha value is -2.67. The number of benzene rings is 2. The van der Waals surface area contributed by atoms with E-state index in [9.17, 15) is 14.4 Å². The number of carbonyl (C=O) groups is 3. The highest BCUT2D eigenvalue weighted by Gasteiger charge is 2.35. The number of hydrogen-bond acceptors (Lipinski definition) is 4. The van der Waals surface area contributed by atoms with Crippen molar-refractivity contribution < 1.29 is 19.1 Å². The highest BCUT2D eigenvalue weighted by atomic mass is 79.9. The van der Waals surface area contributed by atoms with Gasteiger partial charge in [-0.1, -0.05) is 28.1 Å². The first kappa shape index (κ1) is 17.7. The molecule has 0 radical (unpaired) electrons. The van der Waals surface area contributed by atoms with E-state index < -0.39 is 0 Å². The summed E-state index contributed by atoms with van der Waals surface area (Å²) in [6, 6.07) is 12.3. The fourth-order valence-corrected chi connectivity index (χ4v) is 3.82. The molecule has 0 saturated carbocycles. The van der Waals surface area contributed by atoms with Gasteiger partial charge in [0.1, 0.15) is 5.75 Å². The first-order valence-electron chi connectivity index (χ1n) is 8.71. The van der Waals surface area contributed by atoms with Crippen molar-refractivity contribution >= 4 is 33.7 Å². The average Bonchev–Trinajstić information content (AvgIpc) is 2.91. The van der Waals surface area contributed by atoms with Gasteiger partial charge in [-0.15, -0.1) is 0 Å². The second-order valence-electron chi connectivity index (χ2n) is 6.50. The summed E-state index contributed by atoms with van der Waals surface area (Å²) in [4.78, 5) is 38.3. The largest absolute Gasteiger partial charge is 0.493 e. The first-order chi connectivity index (χ1) is 13.0. The number of amides is 3. The number of ether oxygens (including phenoxy) is 1. The van der Waals surface area contributed by atoms with Crippen LogP contribution in [0.1, 0.15) is 45.2 Å². The number of rotatable bonds is 4. The summed E-state index contributed by atoms with van der Waals surface area (Å²) in [5, 5.41) is 2.99. The molecule has 0 bridgehead atoms. The van der Waals surface area contributed by atoms with E-state index in [1.165, 1.54) is 0 Å². The van der Waals surface area contributed by atoms with Crippen LogP contribution in [-0.4, -0.2) is 35.8 Å². The Labute approximate surface area is 164 Å². The van der Waals surface area contributed by atoms with Crippen LogP contribution >= 0.6 is 15.9 Å². The van der Waals surface area contributed by atoms with Gasteiger partial charge >= 0.3 is 0 Å². The van der Waals surface area contributed by atoms with E-state index in [0.29, 0.717) is 24.2 Å². The zero-order chi connectivity index (χ0) is 19.0. The fourth-order valence-electron chi connectivity index (χ4n) is 3.44. The quantitative estimate of drug-likeness (QED) is 0.759. The number of hydrogen-bond donors (Lipinski definition) is 1. The minimum Gasteiger partial charge on any atom is -0.493 e. The highest BCUT2D eigenvalue weighted by Crippen LogP contribution is 2.34. The molecule has 27 heavy (non-hydrogen) atoms. The van der Waals surface area contributed by atoms with Gasteiger partial charge in [0.25, 0.3) is 11.8 Å². The van der Waals surface area contributed by atoms with Gasteiger partial charge < -0.3 is 10.1 Å². The minimum absolute atomic E-state index is 0.0617. The number of nitrogens with one attached hydrogen (secondary N) is 1. The Balaban J connectivity index is 1.40. The molecule has 0 spiro atoms. The Morgan fingerprint density at radius 1 is 1.15 bits per heavy atom. The van der Waals surface area contributed by atoms with Gasteiger partial charge in [0.2, 0.25) is 5.91 Å². The Morgan fingerprint density at radius 2 is 1.85 bits per heavy atom. The van der Waals surface area contributed by atoms with Gasteiger partial charge in [0.15, 0.2) is 0 Å². The van der Waals surface area contributed by atoms with Crippen molar-refractivity contribution in [3.8, 4) is 5.75 Å².